The average Bonchev–Trinajstić information content (AvgIpc) is 3.13. The molecule has 2 heterocycles. The number of carbonyl (C=O) groups excluding carboxylic acids is 3. The number of nitro benzene ring substituents is 1. The van der Waals surface area contributed by atoms with Gasteiger partial charge in [-0.15, -0.1) is 11.3 Å². The Bertz CT molecular complexity index is 998. The third-order valence-electron chi connectivity index (χ3n) is 3.46. The van der Waals surface area contributed by atoms with Crippen molar-refractivity contribution >= 4 is 57.0 Å². The van der Waals surface area contributed by atoms with Crippen LogP contribution >= 0.6 is 23.1 Å². The highest BCUT2D eigenvalue weighted by Gasteiger charge is 2.25. The summed E-state index contributed by atoms with van der Waals surface area (Å²) in [5.74, 6) is -0.968. The van der Waals surface area contributed by atoms with E-state index in [-0.39, 0.29) is 22.6 Å². The number of rotatable bonds is 5. The fourth-order valence-corrected chi connectivity index (χ4v) is 3.67. The summed E-state index contributed by atoms with van der Waals surface area (Å²) in [5.41, 5.74) is 0.367. The van der Waals surface area contributed by atoms with Crippen LogP contribution in [0.5, 0.6) is 0 Å². The minimum absolute atomic E-state index is 0.152. The molecule has 2 N–H and O–H groups in total. The lowest BCUT2D eigenvalue weighted by molar-refractivity contribution is -0.385. The molecule has 0 bridgehead atoms. The predicted molar refractivity (Wildman–Crippen MR) is 101 cm³/mol. The summed E-state index contributed by atoms with van der Waals surface area (Å²) < 4.78 is 0. The number of nitrogens with zero attached hydrogens (tertiary/aromatic N) is 2. The van der Waals surface area contributed by atoms with Crippen LogP contribution in [0.4, 0.5) is 15.6 Å². The molecule has 1 aliphatic heterocycles. The molecule has 0 saturated carbocycles. The molecule has 0 radical (unpaired) electrons. The third kappa shape index (κ3) is 4.57. The average molecular weight is 404 g/mol. The maximum absolute atomic E-state index is 12.1. The van der Waals surface area contributed by atoms with E-state index >= 15 is 0 Å². The lowest BCUT2D eigenvalue weighted by Crippen LogP contribution is -2.17. The molecule has 0 spiro atoms. The quantitative estimate of drug-likeness (QED) is 0.445. The van der Waals surface area contributed by atoms with Crippen molar-refractivity contribution in [2.75, 3.05) is 5.32 Å². The highest BCUT2D eigenvalue weighted by molar-refractivity contribution is 8.18. The van der Waals surface area contributed by atoms with Crippen LogP contribution in [0.3, 0.4) is 0 Å². The van der Waals surface area contributed by atoms with E-state index in [2.05, 4.69) is 15.6 Å². The summed E-state index contributed by atoms with van der Waals surface area (Å²) >= 11 is 2.03. The summed E-state index contributed by atoms with van der Waals surface area (Å²) in [4.78, 5) is 50.8. The van der Waals surface area contributed by atoms with E-state index in [1.165, 1.54) is 29.5 Å². The van der Waals surface area contributed by atoms with Gasteiger partial charge in [-0.2, -0.15) is 0 Å². The van der Waals surface area contributed by atoms with Crippen molar-refractivity contribution < 1.29 is 19.3 Å². The topological polar surface area (TPSA) is 131 Å². The zero-order chi connectivity index (χ0) is 19.6. The van der Waals surface area contributed by atoms with Crippen LogP contribution in [0.15, 0.2) is 29.3 Å². The number of nitro groups is 1. The van der Waals surface area contributed by atoms with Gasteiger partial charge in [0.15, 0.2) is 5.13 Å². The first kappa shape index (κ1) is 18.7. The number of thioether (sulfide) groups is 1. The Labute approximate surface area is 161 Å². The number of imide groups is 1. The molecule has 11 heteroatoms. The van der Waals surface area contributed by atoms with Gasteiger partial charge in [0.05, 0.1) is 16.2 Å². The Morgan fingerprint density at radius 2 is 2.19 bits per heavy atom. The smallest absolute Gasteiger partial charge is 0.290 e. The van der Waals surface area contributed by atoms with E-state index in [1.807, 2.05) is 6.92 Å². The first-order chi connectivity index (χ1) is 12.8. The van der Waals surface area contributed by atoms with Gasteiger partial charge in [0, 0.05) is 22.7 Å². The van der Waals surface area contributed by atoms with Crippen molar-refractivity contribution in [2.45, 2.75) is 13.3 Å². The third-order valence-corrected chi connectivity index (χ3v) is 5.10. The molecule has 0 aliphatic carbocycles. The normalized spacial score (nSPS) is 15.1. The SMILES string of the molecule is Cc1cnc(NC(=O)Cc2ccc(/C=C3\SC(=O)NC3=O)cc2[N+](=O)[O-])s1. The molecular formula is C16H12N4O5S2. The number of carbonyl (C=O) groups is 3. The fourth-order valence-electron chi connectivity index (χ4n) is 2.31. The molecule has 138 valence electrons. The minimum atomic E-state index is -0.592. The van der Waals surface area contributed by atoms with Gasteiger partial charge in [-0.1, -0.05) is 12.1 Å². The van der Waals surface area contributed by atoms with Crippen LogP contribution in [0.1, 0.15) is 16.0 Å². The molecule has 0 unspecified atom stereocenters. The van der Waals surface area contributed by atoms with Crippen LogP contribution < -0.4 is 10.6 Å². The summed E-state index contributed by atoms with van der Waals surface area (Å²) in [5, 5.41) is 16.0. The minimum Gasteiger partial charge on any atom is -0.302 e. The zero-order valence-corrected chi connectivity index (χ0v) is 15.5. The number of hydrogen-bond donors (Lipinski definition) is 2. The van der Waals surface area contributed by atoms with Gasteiger partial charge in [0.1, 0.15) is 0 Å². The van der Waals surface area contributed by atoms with Crippen molar-refractivity contribution in [2.24, 2.45) is 0 Å². The Morgan fingerprint density at radius 3 is 2.78 bits per heavy atom. The van der Waals surface area contributed by atoms with Crippen molar-refractivity contribution in [3.63, 3.8) is 0 Å². The number of hydrogen-bond acceptors (Lipinski definition) is 8. The van der Waals surface area contributed by atoms with Crippen LogP contribution in [-0.2, 0) is 16.0 Å². The summed E-state index contributed by atoms with van der Waals surface area (Å²) in [7, 11) is 0. The molecule has 1 aromatic carbocycles. The monoisotopic (exact) mass is 404 g/mol. The van der Waals surface area contributed by atoms with E-state index in [0.29, 0.717) is 10.7 Å². The zero-order valence-electron chi connectivity index (χ0n) is 13.8. The van der Waals surface area contributed by atoms with Crippen molar-refractivity contribution in [3.05, 3.63) is 55.4 Å². The predicted octanol–water partition coefficient (Wildman–Crippen LogP) is 2.86. The molecule has 3 amide bonds. The lowest BCUT2D eigenvalue weighted by atomic mass is 10.1. The summed E-state index contributed by atoms with van der Waals surface area (Å²) in [6, 6.07) is 4.27. The van der Waals surface area contributed by atoms with E-state index in [1.54, 1.807) is 12.3 Å². The van der Waals surface area contributed by atoms with E-state index < -0.39 is 22.0 Å². The van der Waals surface area contributed by atoms with Gasteiger partial charge in [0.25, 0.3) is 16.8 Å². The second-order valence-corrected chi connectivity index (χ2v) is 7.75. The Kier molecular flexibility index (Phi) is 5.33. The number of aromatic nitrogens is 1. The van der Waals surface area contributed by atoms with Crippen LogP contribution in [-0.4, -0.2) is 27.0 Å². The number of amides is 3. The first-order valence-corrected chi connectivity index (χ1v) is 9.19. The Morgan fingerprint density at radius 1 is 1.41 bits per heavy atom. The Balaban J connectivity index is 1.80. The maximum Gasteiger partial charge on any atom is 0.290 e. The fraction of sp³-hybridized carbons (Fsp3) is 0.125. The van der Waals surface area contributed by atoms with Crippen LogP contribution in [0.25, 0.3) is 6.08 Å². The second-order valence-electron chi connectivity index (χ2n) is 5.50. The van der Waals surface area contributed by atoms with Crippen molar-refractivity contribution in [3.8, 4) is 0 Å². The molecule has 1 fully saturated rings. The lowest BCUT2D eigenvalue weighted by Gasteiger charge is -2.05. The second kappa shape index (κ2) is 7.68. The molecule has 9 nitrogen and oxygen atoms in total. The number of thiazole rings is 1. The standard InChI is InChI=1S/C16H12N4O5S2/c1-8-7-17-15(26-8)18-13(21)6-10-3-2-9(4-11(10)20(24)25)5-12-14(22)19-16(23)27-12/h2-5,7H,6H2,1H3,(H,17,18,21)(H,19,22,23)/b12-5-. The van der Waals surface area contributed by atoms with Gasteiger partial charge in [-0.3, -0.25) is 29.8 Å². The van der Waals surface area contributed by atoms with E-state index in [0.717, 1.165) is 16.6 Å². The molecule has 3 rings (SSSR count). The van der Waals surface area contributed by atoms with Gasteiger partial charge in [0.2, 0.25) is 5.91 Å². The van der Waals surface area contributed by atoms with E-state index in [4.69, 9.17) is 0 Å². The largest absolute Gasteiger partial charge is 0.302 e. The van der Waals surface area contributed by atoms with Crippen molar-refractivity contribution in [1.29, 1.82) is 0 Å². The van der Waals surface area contributed by atoms with Gasteiger partial charge in [-0.05, 0) is 30.3 Å². The number of aryl methyl sites for hydroxylation is 1. The summed E-state index contributed by atoms with van der Waals surface area (Å²) in [6.07, 6.45) is 2.81. The molecule has 0 atom stereocenters. The molecule has 1 aromatic heterocycles. The first-order valence-electron chi connectivity index (χ1n) is 7.56. The molecule has 2 aromatic rings. The molecule has 1 saturated heterocycles. The highest BCUT2D eigenvalue weighted by Crippen LogP contribution is 2.28. The van der Waals surface area contributed by atoms with E-state index in [9.17, 15) is 24.5 Å². The summed E-state index contributed by atoms with van der Waals surface area (Å²) in [6.45, 7) is 1.85. The number of benzene rings is 1. The molecular weight excluding hydrogens is 392 g/mol. The molecule has 27 heavy (non-hydrogen) atoms. The number of nitrogens with one attached hydrogen (secondary N) is 2. The van der Waals surface area contributed by atoms with Gasteiger partial charge >= 0.3 is 0 Å². The highest BCUT2D eigenvalue weighted by atomic mass is 32.2. The Hall–Kier alpha value is -3.05. The van der Waals surface area contributed by atoms with Gasteiger partial charge < -0.3 is 5.32 Å². The van der Waals surface area contributed by atoms with Gasteiger partial charge in [-0.25, -0.2) is 4.98 Å². The number of anilines is 1. The van der Waals surface area contributed by atoms with Crippen LogP contribution in [0, 0.1) is 17.0 Å². The van der Waals surface area contributed by atoms with Crippen molar-refractivity contribution in [1.82, 2.24) is 10.3 Å². The molecule has 1 aliphatic rings. The van der Waals surface area contributed by atoms with Crippen LogP contribution in [0.2, 0.25) is 0 Å². The maximum atomic E-state index is 12.1.